The SMILES string of the molecule is CC(C)(C)NC(=O)N1CCC(N)C(C)(C)C1. The molecule has 0 aromatic carbocycles. The Labute approximate surface area is 98.6 Å². The number of rotatable bonds is 0. The molecular formula is C12H25N3O. The molecule has 1 aliphatic heterocycles. The Morgan fingerprint density at radius 2 is 2.00 bits per heavy atom. The van der Waals surface area contributed by atoms with Gasteiger partial charge in [0, 0.05) is 24.7 Å². The summed E-state index contributed by atoms with van der Waals surface area (Å²) in [6, 6.07) is 0.207. The summed E-state index contributed by atoms with van der Waals surface area (Å²) in [5.74, 6) is 0. The van der Waals surface area contributed by atoms with Crippen molar-refractivity contribution in [1.29, 1.82) is 0 Å². The van der Waals surface area contributed by atoms with Crippen molar-refractivity contribution < 1.29 is 4.79 Å². The molecule has 0 aromatic rings. The molecule has 1 aliphatic rings. The molecule has 0 saturated carbocycles. The molecule has 0 spiro atoms. The number of hydrogen-bond donors (Lipinski definition) is 2. The lowest BCUT2D eigenvalue weighted by atomic mass is 9.80. The maximum Gasteiger partial charge on any atom is 0.317 e. The number of carbonyl (C=O) groups excluding carboxylic acids is 1. The van der Waals surface area contributed by atoms with Gasteiger partial charge in [-0.05, 0) is 32.6 Å². The summed E-state index contributed by atoms with van der Waals surface area (Å²) in [5, 5.41) is 2.99. The lowest BCUT2D eigenvalue weighted by Crippen LogP contribution is -2.58. The fraction of sp³-hybridized carbons (Fsp3) is 0.917. The van der Waals surface area contributed by atoms with Crippen LogP contribution in [-0.4, -0.2) is 35.6 Å². The summed E-state index contributed by atoms with van der Waals surface area (Å²) in [6.07, 6.45) is 0.880. The first-order valence-corrected chi connectivity index (χ1v) is 5.94. The molecule has 4 nitrogen and oxygen atoms in total. The normalized spacial score (nSPS) is 25.4. The highest BCUT2D eigenvalue weighted by Gasteiger charge is 2.35. The second-order valence-corrected chi connectivity index (χ2v) is 6.49. The average molecular weight is 227 g/mol. The zero-order chi connectivity index (χ0) is 12.6. The molecule has 0 radical (unpaired) electrons. The maximum absolute atomic E-state index is 12.0. The van der Waals surface area contributed by atoms with Gasteiger partial charge in [0.2, 0.25) is 0 Å². The fourth-order valence-corrected chi connectivity index (χ4v) is 1.95. The van der Waals surface area contributed by atoms with E-state index in [-0.39, 0.29) is 23.0 Å². The van der Waals surface area contributed by atoms with Gasteiger partial charge < -0.3 is 16.0 Å². The largest absolute Gasteiger partial charge is 0.333 e. The van der Waals surface area contributed by atoms with Gasteiger partial charge >= 0.3 is 6.03 Å². The van der Waals surface area contributed by atoms with Crippen LogP contribution in [0.15, 0.2) is 0 Å². The molecule has 16 heavy (non-hydrogen) atoms. The van der Waals surface area contributed by atoms with Crippen molar-refractivity contribution in [2.45, 2.75) is 52.6 Å². The van der Waals surface area contributed by atoms with Crippen molar-refractivity contribution in [3.8, 4) is 0 Å². The molecule has 3 N–H and O–H groups in total. The first-order chi connectivity index (χ1) is 7.12. The molecule has 0 aliphatic carbocycles. The topological polar surface area (TPSA) is 58.4 Å². The van der Waals surface area contributed by atoms with Gasteiger partial charge in [0.25, 0.3) is 0 Å². The van der Waals surface area contributed by atoms with E-state index >= 15 is 0 Å². The van der Waals surface area contributed by atoms with Crippen molar-refractivity contribution in [2.24, 2.45) is 11.1 Å². The Morgan fingerprint density at radius 3 is 2.44 bits per heavy atom. The highest BCUT2D eigenvalue weighted by Crippen LogP contribution is 2.27. The number of carbonyl (C=O) groups is 1. The molecule has 1 atom stereocenters. The predicted octanol–water partition coefficient (Wildman–Crippen LogP) is 1.55. The minimum absolute atomic E-state index is 0.00741. The third-order valence-electron chi connectivity index (χ3n) is 3.08. The molecule has 1 unspecified atom stereocenters. The average Bonchev–Trinajstić information content (AvgIpc) is 2.06. The molecule has 2 amide bonds. The summed E-state index contributed by atoms with van der Waals surface area (Å²) in [4.78, 5) is 13.9. The molecule has 1 heterocycles. The van der Waals surface area contributed by atoms with Gasteiger partial charge in [0.05, 0.1) is 0 Å². The van der Waals surface area contributed by atoms with E-state index in [1.165, 1.54) is 0 Å². The third-order valence-corrected chi connectivity index (χ3v) is 3.08. The first-order valence-electron chi connectivity index (χ1n) is 5.94. The van der Waals surface area contributed by atoms with E-state index in [0.29, 0.717) is 0 Å². The van der Waals surface area contributed by atoms with Gasteiger partial charge in [-0.2, -0.15) is 0 Å². The Kier molecular flexibility index (Phi) is 3.53. The molecule has 4 heteroatoms. The summed E-state index contributed by atoms with van der Waals surface area (Å²) in [5.41, 5.74) is 5.87. The number of nitrogens with zero attached hydrogens (tertiary/aromatic N) is 1. The van der Waals surface area contributed by atoms with E-state index in [0.717, 1.165) is 19.5 Å². The van der Waals surface area contributed by atoms with Crippen LogP contribution in [0.1, 0.15) is 41.0 Å². The van der Waals surface area contributed by atoms with Gasteiger partial charge in [-0.3, -0.25) is 0 Å². The molecule has 1 saturated heterocycles. The second-order valence-electron chi connectivity index (χ2n) is 6.49. The van der Waals surface area contributed by atoms with Gasteiger partial charge in [0.1, 0.15) is 0 Å². The molecule has 1 rings (SSSR count). The summed E-state index contributed by atoms with van der Waals surface area (Å²) in [6.45, 7) is 11.7. The predicted molar refractivity (Wildman–Crippen MR) is 66.2 cm³/mol. The number of piperidine rings is 1. The molecule has 0 bridgehead atoms. The Hall–Kier alpha value is -0.770. The number of nitrogens with two attached hydrogens (primary N) is 1. The fourth-order valence-electron chi connectivity index (χ4n) is 1.95. The van der Waals surface area contributed by atoms with Crippen LogP contribution in [0.3, 0.4) is 0 Å². The number of likely N-dealkylation sites (tertiary alicyclic amines) is 1. The van der Waals surface area contributed by atoms with Crippen molar-refractivity contribution in [3.63, 3.8) is 0 Å². The lowest BCUT2D eigenvalue weighted by Gasteiger charge is -2.43. The van der Waals surface area contributed by atoms with Crippen LogP contribution in [0, 0.1) is 5.41 Å². The van der Waals surface area contributed by atoms with Crippen molar-refractivity contribution in [3.05, 3.63) is 0 Å². The van der Waals surface area contributed by atoms with E-state index in [1.54, 1.807) is 0 Å². The number of urea groups is 1. The zero-order valence-electron chi connectivity index (χ0n) is 11.1. The molecule has 0 aromatic heterocycles. The number of amides is 2. The van der Waals surface area contributed by atoms with Crippen molar-refractivity contribution in [1.82, 2.24) is 10.2 Å². The molecule has 94 valence electrons. The second kappa shape index (κ2) is 4.24. The van der Waals surface area contributed by atoms with E-state index in [2.05, 4.69) is 19.2 Å². The quantitative estimate of drug-likeness (QED) is 0.659. The Bertz CT molecular complexity index is 268. The van der Waals surface area contributed by atoms with Crippen molar-refractivity contribution >= 4 is 6.03 Å². The van der Waals surface area contributed by atoms with E-state index in [1.807, 2.05) is 25.7 Å². The lowest BCUT2D eigenvalue weighted by molar-refractivity contribution is 0.107. The highest BCUT2D eigenvalue weighted by atomic mass is 16.2. The standard InChI is InChI=1S/C12H25N3O/c1-11(2,3)14-10(16)15-7-6-9(13)12(4,5)8-15/h9H,6-8,13H2,1-5H3,(H,14,16). The summed E-state index contributed by atoms with van der Waals surface area (Å²) < 4.78 is 0. The van der Waals surface area contributed by atoms with Crippen LogP contribution in [0.5, 0.6) is 0 Å². The van der Waals surface area contributed by atoms with E-state index in [9.17, 15) is 4.79 Å². The van der Waals surface area contributed by atoms with Gasteiger partial charge in [-0.15, -0.1) is 0 Å². The maximum atomic E-state index is 12.0. The van der Waals surface area contributed by atoms with E-state index in [4.69, 9.17) is 5.73 Å². The minimum Gasteiger partial charge on any atom is -0.333 e. The minimum atomic E-state index is -0.180. The molecule has 1 fully saturated rings. The highest BCUT2D eigenvalue weighted by molar-refractivity contribution is 5.75. The monoisotopic (exact) mass is 227 g/mol. The smallest absolute Gasteiger partial charge is 0.317 e. The molecular weight excluding hydrogens is 202 g/mol. The number of nitrogens with one attached hydrogen (secondary N) is 1. The van der Waals surface area contributed by atoms with Crippen LogP contribution in [0.2, 0.25) is 0 Å². The van der Waals surface area contributed by atoms with Crippen molar-refractivity contribution in [2.75, 3.05) is 13.1 Å². The summed E-state index contributed by atoms with van der Waals surface area (Å²) >= 11 is 0. The van der Waals surface area contributed by atoms with Gasteiger partial charge in [0.15, 0.2) is 0 Å². The Balaban J connectivity index is 2.60. The third kappa shape index (κ3) is 3.37. The van der Waals surface area contributed by atoms with E-state index < -0.39 is 0 Å². The van der Waals surface area contributed by atoms with Gasteiger partial charge in [-0.1, -0.05) is 13.8 Å². The summed E-state index contributed by atoms with van der Waals surface area (Å²) in [7, 11) is 0. The first kappa shape index (κ1) is 13.3. The van der Waals surface area contributed by atoms with Crippen LogP contribution < -0.4 is 11.1 Å². The number of hydrogen-bond acceptors (Lipinski definition) is 2. The van der Waals surface area contributed by atoms with Crippen LogP contribution in [-0.2, 0) is 0 Å². The Morgan fingerprint density at radius 1 is 1.44 bits per heavy atom. The zero-order valence-corrected chi connectivity index (χ0v) is 11.1. The van der Waals surface area contributed by atoms with Crippen LogP contribution in [0.25, 0.3) is 0 Å². The van der Waals surface area contributed by atoms with Crippen LogP contribution in [0.4, 0.5) is 4.79 Å². The van der Waals surface area contributed by atoms with Gasteiger partial charge in [-0.25, -0.2) is 4.79 Å². The van der Waals surface area contributed by atoms with Crippen LogP contribution >= 0.6 is 0 Å².